The maximum absolute atomic E-state index is 10.2. The van der Waals surface area contributed by atoms with Crippen LogP contribution in [0.4, 0.5) is 0 Å². The van der Waals surface area contributed by atoms with E-state index in [0.29, 0.717) is 6.42 Å². The number of nitrogens with zero attached hydrogens (tertiary/aromatic N) is 1. The highest BCUT2D eigenvalue weighted by molar-refractivity contribution is 9.10. The van der Waals surface area contributed by atoms with Gasteiger partial charge in [-0.15, -0.1) is 11.3 Å². The van der Waals surface area contributed by atoms with Crippen molar-refractivity contribution < 1.29 is 9.84 Å². The minimum absolute atomic E-state index is 0.527. The zero-order valence-corrected chi connectivity index (χ0v) is 12.6. The Morgan fingerprint density at radius 2 is 2.28 bits per heavy atom. The number of hydrogen-bond donors (Lipinski definition) is 1. The van der Waals surface area contributed by atoms with Gasteiger partial charge in [0.15, 0.2) is 0 Å². The van der Waals surface area contributed by atoms with Crippen LogP contribution in [-0.4, -0.2) is 17.2 Å². The van der Waals surface area contributed by atoms with E-state index in [4.69, 9.17) is 4.74 Å². The van der Waals surface area contributed by atoms with E-state index in [1.165, 1.54) is 11.3 Å². The summed E-state index contributed by atoms with van der Waals surface area (Å²) in [5.74, 6) is 0.793. The first-order valence-corrected chi connectivity index (χ1v) is 7.19. The second-order valence-corrected chi connectivity index (χ2v) is 5.72. The summed E-state index contributed by atoms with van der Waals surface area (Å²) in [5.41, 5.74) is 3.68. The predicted octanol–water partition coefficient (Wildman–Crippen LogP) is 3.50. The van der Waals surface area contributed by atoms with Crippen LogP contribution in [0.25, 0.3) is 0 Å². The van der Waals surface area contributed by atoms with Gasteiger partial charge in [-0.1, -0.05) is 15.9 Å². The fourth-order valence-electron chi connectivity index (χ4n) is 1.77. The quantitative estimate of drug-likeness (QED) is 0.934. The summed E-state index contributed by atoms with van der Waals surface area (Å²) in [5, 5.41) is 10.2. The molecule has 0 amide bonds. The molecular weight excluding hydrogens is 314 g/mol. The minimum Gasteiger partial charge on any atom is -0.497 e. The summed E-state index contributed by atoms with van der Waals surface area (Å²) < 4.78 is 6.17. The molecule has 2 rings (SSSR count). The van der Waals surface area contributed by atoms with Crippen LogP contribution in [0.15, 0.2) is 28.2 Å². The zero-order chi connectivity index (χ0) is 13.1. The van der Waals surface area contributed by atoms with Crippen LogP contribution < -0.4 is 4.74 Å². The van der Waals surface area contributed by atoms with Gasteiger partial charge in [0, 0.05) is 10.9 Å². The van der Waals surface area contributed by atoms with Gasteiger partial charge in [0.05, 0.1) is 29.3 Å². The average Bonchev–Trinajstić information content (AvgIpc) is 2.78. The third kappa shape index (κ3) is 2.91. The smallest absolute Gasteiger partial charge is 0.119 e. The number of rotatable bonds is 4. The maximum Gasteiger partial charge on any atom is 0.119 e. The highest BCUT2D eigenvalue weighted by atomic mass is 79.9. The van der Waals surface area contributed by atoms with Gasteiger partial charge in [-0.3, -0.25) is 0 Å². The van der Waals surface area contributed by atoms with E-state index in [2.05, 4.69) is 20.9 Å². The molecule has 0 radical (unpaired) electrons. The van der Waals surface area contributed by atoms with Crippen LogP contribution in [0.3, 0.4) is 0 Å². The molecule has 96 valence electrons. The Kier molecular flexibility index (Phi) is 4.37. The molecule has 0 saturated heterocycles. The fourth-order valence-corrected chi connectivity index (χ4v) is 2.96. The molecule has 18 heavy (non-hydrogen) atoms. The molecule has 0 aliphatic rings. The van der Waals surface area contributed by atoms with Crippen LogP contribution in [0, 0.1) is 6.92 Å². The third-order valence-electron chi connectivity index (χ3n) is 2.75. The van der Waals surface area contributed by atoms with Crippen molar-refractivity contribution in [1.29, 1.82) is 0 Å². The van der Waals surface area contributed by atoms with Crippen LogP contribution in [0.5, 0.6) is 5.75 Å². The molecule has 1 atom stereocenters. The van der Waals surface area contributed by atoms with Gasteiger partial charge in [-0.25, -0.2) is 4.98 Å². The van der Waals surface area contributed by atoms with Gasteiger partial charge in [-0.2, -0.15) is 0 Å². The highest BCUT2D eigenvalue weighted by Crippen LogP contribution is 2.29. The van der Waals surface area contributed by atoms with Crippen molar-refractivity contribution in [3.63, 3.8) is 0 Å². The Morgan fingerprint density at radius 3 is 2.89 bits per heavy atom. The molecule has 1 aromatic heterocycles. The van der Waals surface area contributed by atoms with Crippen LogP contribution in [0.2, 0.25) is 0 Å². The summed E-state index contributed by atoms with van der Waals surface area (Å²) >= 11 is 4.98. The number of methoxy groups -OCH3 is 1. The van der Waals surface area contributed by atoms with Crippen molar-refractivity contribution in [2.45, 2.75) is 19.4 Å². The molecule has 3 nitrogen and oxygen atoms in total. The first-order valence-electron chi connectivity index (χ1n) is 5.52. The van der Waals surface area contributed by atoms with Gasteiger partial charge >= 0.3 is 0 Å². The SMILES string of the molecule is COc1ccc(Br)c(CC(O)c2scnc2C)c1. The predicted molar refractivity (Wildman–Crippen MR) is 76.2 cm³/mol. The molecule has 0 spiro atoms. The Bertz CT molecular complexity index is 542. The Balaban J connectivity index is 2.21. The molecule has 1 unspecified atom stereocenters. The van der Waals surface area contributed by atoms with Gasteiger partial charge in [0.2, 0.25) is 0 Å². The number of halogens is 1. The molecule has 0 fully saturated rings. The fraction of sp³-hybridized carbons (Fsp3) is 0.308. The first-order chi connectivity index (χ1) is 8.61. The number of thiazole rings is 1. The average molecular weight is 328 g/mol. The molecule has 0 bridgehead atoms. The topological polar surface area (TPSA) is 42.4 Å². The lowest BCUT2D eigenvalue weighted by Gasteiger charge is -2.12. The van der Waals surface area contributed by atoms with Crippen LogP contribution in [0.1, 0.15) is 22.2 Å². The lowest BCUT2D eigenvalue weighted by molar-refractivity contribution is 0.181. The van der Waals surface area contributed by atoms with Gasteiger partial charge in [0.1, 0.15) is 5.75 Å². The number of benzene rings is 1. The zero-order valence-electron chi connectivity index (χ0n) is 10.2. The van der Waals surface area contributed by atoms with Crippen LogP contribution in [-0.2, 0) is 6.42 Å². The molecular formula is C13H14BrNO2S. The van der Waals surface area contributed by atoms with Crippen LogP contribution >= 0.6 is 27.3 Å². The third-order valence-corrected chi connectivity index (χ3v) is 4.56. The van der Waals surface area contributed by atoms with E-state index < -0.39 is 6.10 Å². The molecule has 5 heteroatoms. The van der Waals surface area contributed by atoms with Crippen molar-refractivity contribution in [3.05, 3.63) is 44.3 Å². The lowest BCUT2D eigenvalue weighted by Crippen LogP contribution is -2.02. The first kappa shape index (κ1) is 13.5. The number of ether oxygens (including phenoxy) is 1. The number of aliphatic hydroxyl groups is 1. The van der Waals surface area contributed by atoms with Crippen molar-refractivity contribution >= 4 is 27.3 Å². The van der Waals surface area contributed by atoms with Crippen molar-refractivity contribution in [3.8, 4) is 5.75 Å². The molecule has 2 aromatic rings. The monoisotopic (exact) mass is 327 g/mol. The maximum atomic E-state index is 10.2. The summed E-state index contributed by atoms with van der Waals surface area (Å²) in [6.45, 7) is 1.91. The Morgan fingerprint density at radius 1 is 1.50 bits per heavy atom. The molecule has 1 heterocycles. The summed E-state index contributed by atoms with van der Waals surface area (Å²) in [6.07, 6.45) is 0.0155. The molecule has 0 saturated carbocycles. The van der Waals surface area contributed by atoms with E-state index >= 15 is 0 Å². The lowest BCUT2D eigenvalue weighted by atomic mass is 10.1. The van der Waals surface area contributed by atoms with E-state index in [1.54, 1.807) is 12.6 Å². The van der Waals surface area contributed by atoms with E-state index in [1.807, 2.05) is 25.1 Å². The standard InChI is InChI=1S/C13H14BrNO2S/c1-8-13(18-7-15-8)12(16)6-9-5-10(17-2)3-4-11(9)14/h3-5,7,12,16H,6H2,1-2H3. The summed E-state index contributed by atoms with van der Waals surface area (Å²) in [7, 11) is 1.64. The number of aryl methyl sites for hydroxylation is 1. The largest absolute Gasteiger partial charge is 0.497 e. The second kappa shape index (κ2) is 5.82. The molecule has 0 aliphatic carbocycles. The van der Waals surface area contributed by atoms with E-state index in [9.17, 15) is 5.11 Å². The van der Waals surface area contributed by atoms with E-state index in [-0.39, 0.29) is 0 Å². The molecule has 1 aromatic carbocycles. The molecule has 1 N–H and O–H groups in total. The Labute approximate surface area is 119 Å². The minimum atomic E-state index is -0.527. The number of hydrogen-bond acceptors (Lipinski definition) is 4. The van der Waals surface area contributed by atoms with Crippen molar-refractivity contribution in [2.24, 2.45) is 0 Å². The Hall–Kier alpha value is -0.910. The number of aromatic nitrogens is 1. The van der Waals surface area contributed by atoms with Gasteiger partial charge in [0.25, 0.3) is 0 Å². The molecule has 0 aliphatic heterocycles. The highest BCUT2D eigenvalue weighted by Gasteiger charge is 2.15. The number of aliphatic hydroxyl groups excluding tert-OH is 1. The van der Waals surface area contributed by atoms with Crippen molar-refractivity contribution in [2.75, 3.05) is 7.11 Å². The summed E-state index contributed by atoms with van der Waals surface area (Å²) in [4.78, 5) is 5.08. The normalized spacial score (nSPS) is 12.4. The second-order valence-electron chi connectivity index (χ2n) is 3.98. The summed E-state index contributed by atoms with van der Waals surface area (Å²) in [6, 6.07) is 5.75. The van der Waals surface area contributed by atoms with Crippen molar-refractivity contribution in [1.82, 2.24) is 4.98 Å². The van der Waals surface area contributed by atoms with Gasteiger partial charge in [-0.05, 0) is 30.7 Å². The van der Waals surface area contributed by atoms with Gasteiger partial charge < -0.3 is 9.84 Å². The van der Waals surface area contributed by atoms with E-state index in [0.717, 1.165) is 26.4 Å².